The van der Waals surface area contributed by atoms with Crippen LogP contribution in [0.25, 0.3) is 0 Å². The van der Waals surface area contributed by atoms with Gasteiger partial charge in [0.15, 0.2) is 0 Å². The van der Waals surface area contributed by atoms with Crippen molar-refractivity contribution in [2.45, 2.75) is 43.0 Å². The lowest BCUT2D eigenvalue weighted by atomic mass is 10.1. The van der Waals surface area contributed by atoms with Crippen LogP contribution in [0.1, 0.15) is 32.1 Å². The molecule has 19 heavy (non-hydrogen) atoms. The van der Waals surface area contributed by atoms with Crippen molar-refractivity contribution in [1.82, 2.24) is 5.32 Å². The third-order valence-corrected chi connectivity index (χ3v) is 4.84. The summed E-state index contributed by atoms with van der Waals surface area (Å²) in [7, 11) is 2.07. The Balaban J connectivity index is 2.20. The second kappa shape index (κ2) is 10.5. The van der Waals surface area contributed by atoms with Crippen LogP contribution < -0.4 is 5.32 Å². The van der Waals surface area contributed by atoms with E-state index in [1.165, 1.54) is 30.6 Å². The molecule has 0 saturated heterocycles. The van der Waals surface area contributed by atoms with Gasteiger partial charge in [-0.2, -0.15) is 0 Å². The van der Waals surface area contributed by atoms with E-state index in [9.17, 15) is 0 Å². The van der Waals surface area contributed by atoms with Gasteiger partial charge in [-0.15, -0.1) is 18.3 Å². The summed E-state index contributed by atoms with van der Waals surface area (Å²) in [6.45, 7) is 3.76. The normalized spacial score (nSPS) is 12.3. The molecule has 1 atom stereocenters. The zero-order valence-electron chi connectivity index (χ0n) is 11.7. The number of rotatable bonds is 10. The van der Waals surface area contributed by atoms with Crippen molar-refractivity contribution in [3.8, 4) is 0 Å². The molecule has 0 aliphatic heterocycles. The molecule has 1 rings (SSSR count). The second-order valence-corrected chi connectivity index (χ2v) is 6.69. The average molecular weight is 342 g/mol. The van der Waals surface area contributed by atoms with Gasteiger partial charge in [0.05, 0.1) is 0 Å². The zero-order valence-corrected chi connectivity index (χ0v) is 14.1. The fourth-order valence-electron chi connectivity index (χ4n) is 1.89. The van der Waals surface area contributed by atoms with Crippen LogP contribution in [0.5, 0.6) is 0 Å². The molecule has 0 aliphatic carbocycles. The van der Waals surface area contributed by atoms with E-state index in [4.69, 9.17) is 0 Å². The first-order valence-corrected chi connectivity index (χ1v) is 8.70. The molecule has 0 aromatic heterocycles. The molecule has 1 aromatic carbocycles. The minimum absolute atomic E-state index is 0.609. The van der Waals surface area contributed by atoms with Gasteiger partial charge >= 0.3 is 0 Å². The number of benzene rings is 1. The summed E-state index contributed by atoms with van der Waals surface area (Å²) in [4.78, 5) is 1.34. The summed E-state index contributed by atoms with van der Waals surface area (Å²) in [5.41, 5.74) is 0. The molecule has 0 bridgehead atoms. The number of halogens is 1. The van der Waals surface area contributed by atoms with Gasteiger partial charge in [0.2, 0.25) is 0 Å². The van der Waals surface area contributed by atoms with Gasteiger partial charge in [-0.05, 0) is 50.6 Å². The number of thioether (sulfide) groups is 1. The maximum Gasteiger partial charge on any atom is 0.0176 e. The van der Waals surface area contributed by atoms with Gasteiger partial charge in [-0.1, -0.05) is 34.8 Å². The molecule has 1 N–H and O–H groups in total. The van der Waals surface area contributed by atoms with E-state index in [-0.39, 0.29) is 0 Å². The highest BCUT2D eigenvalue weighted by molar-refractivity contribution is 9.10. The standard InChI is InChI=1S/C16H24BrNS/c1-3-4-5-6-7-8-15(18-2)13-19-16-11-9-14(17)10-12-16/h3,9-12,15,18H,1,4-8,13H2,2H3. The number of allylic oxidation sites excluding steroid dienone is 1. The lowest BCUT2D eigenvalue weighted by Crippen LogP contribution is -2.27. The van der Waals surface area contributed by atoms with E-state index in [2.05, 4.69) is 59.1 Å². The third-order valence-electron chi connectivity index (χ3n) is 3.13. The molecule has 0 spiro atoms. The molecule has 106 valence electrons. The Kier molecular flexibility index (Phi) is 9.31. The SMILES string of the molecule is C=CCCCCCC(CSc1ccc(Br)cc1)NC. The highest BCUT2D eigenvalue weighted by Gasteiger charge is 2.06. The van der Waals surface area contributed by atoms with Crippen LogP contribution in [0.15, 0.2) is 46.3 Å². The van der Waals surface area contributed by atoms with Crippen LogP contribution in [-0.2, 0) is 0 Å². The number of hydrogen-bond donors (Lipinski definition) is 1. The molecule has 0 saturated carbocycles. The number of hydrogen-bond acceptors (Lipinski definition) is 2. The average Bonchev–Trinajstić information content (AvgIpc) is 2.44. The van der Waals surface area contributed by atoms with Gasteiger partial charge in [0.25, 0.3) is 0 Å². The van der Waals surface area contributed by atoms with Crippen LogP contribution in [0, 0.1) is 0 Å². The fourth-order valence-corrected chi connectivity index (χ4v) is 3.21. The minimum Gasteiger partial charge on any atom is -0.316 e. The predicted octanol–water partition coefficient (Wildman–Crippen LogP) is 5.27. The summed E-state index contributed by atoms with van der Waals surface area (Å²) >= 11 is 5.40. The van der Waals surface area contributed by atoms with Crippen molar-refractivity contribution in [2.24, 2.45) is 0 Å². The third kappa shape index (κ3) is 7.81. The highest BCUT2D eigenvalue weighted by atomic mass is 79.9. The van der Waals surface area contributed by atoms with Crippen LogP contribution in [0.2, 0.25) is 0 Å². The maximum atomic E-state index is 3.76. The first-order valence-electron chi connectivity index (χ1n) is 6.92. The van der Waals surface area contributed by atoms with Crippen molar-refractivity contribution in [2.75, 3.05) is 12.8 Å². The molecule has 1 unspecified atom stereocenters. The van der Waals surface area contributed by atoms with Crippen LogP contribution in [0.3, 0.4) is 0 Å². The first kappa shape index (κ1) is 16.8. The Hall–Kier alpha value is -0.250. The second-order valence-electron chi connectivity index (χ2n) is 4.68. The highest BCUT2D eigenvalue weighted by Crippen LogP contribution is 2.22. The lowest BCUT2D eigenvalue weighted by Gasteiger charge is -2.15. The van der Waals surface area contributed by atoms with Gasteiger partial charge in [0.1, 0.15) is 0 Å². The van der Waals surface area contributed by atoms with Gasteiger partial charge in [0, 0.05) is 21.2 Å². The molecular weight excluding hydrogens is 318 g/mol. The zero-order chi connectivity index (χ0) is 13.9. The van der Waals surface area contributed by atoms with Crippen LogP contribution >= 0.6 is 27.7 Å². The van der Waals surface area contributed by atoms with E-state index in [1.807, 2.05) is 17.8 Å². The summed E-state index contributed by atoms with van der Waals surface area (Å²) < 4.78 is 1.14. The van der Waals surface area contributed by atoms with Gasteiger partial charge in [-0.25, -0.2) is 0 Å². The predicted molar refractivity (Wildman–Crippen MR) is 91.0 cm³/mol. The van der Waals surface area contributed by atoms with E-state index in [0.717, 1.165) is 16.6 Å². The Morgan fingerprint density at radius 3 is 2.63 bits per heavy atom. The van der Waals surface area contributed by atoms with E-state index >= 15 is 0 Å². The first-order chi connectivity index (χ1) is 9.26. The van der Waals surface area contributed by atoms with Crippen molar-refractivity contribution in [1.29, 1.82) is 0 Å². The Labute approximate surface area is 130 Å². The van der Waals surface area contributed by atoms with Gasteiger partial charge in [-0.3, -0.25) is 0 Å². The number of unbranched alkanes of at least 4 members (excludes halogenated alkanes) is 3. The Bertz CT molecular complexity index is 350. The molecule has 0 amide bonds. The molecule has 3 heteroatoms. The Morgan fingerprint density at radius 2 is 2.00 bits per heavy atom. The molecule has 1 aromatic rings. The van der Waals surface area contributed by atoms with Crippen LogP contribution in [0.4, 0.5) is 0 Å². The van der Waals surface area contributed by atoms with Crippen molar-refractivity contribution in [3.05, 3.63) is 41.4 Å². The minimum atomic E-state index is 0.609. The smallest absolute Gasteiger partial charge is 0.0176 e. The quantitative estimate of drug-likeness (QED) is 0.353. The van der Waals surface area contributed by atoms with E-state index < -0.39 is 0 Å². The molecule has 0 heterocycles. The summed E-state index contributed by atoms with van der Waals surface area (Å²) in [6, 6.07) is 9.16. The van der Waals surface area contributed by atoms with E-state index in [0.29, 0.717) is 6.04 Å². The van der Waals surface area contributed by atoms with Crippen molar-refractivity contribution < 1.29 is 0 Å². The lowest BCUT2D eigenvalue weighted by molar-refractivity contribution is 0.526. The van der Waals surface area contributed by atoms with Crippen molar-refractivity contribution in [3.63, 3.8) is 0 Å². The molecule has 0 aliphatic rings. The molecule has 0 radical (unpaired) electrons. The monoisotopic (exact) mass is 341 g/mol. The largest absolute Gasteiger partial charge is 0.316 e. The molecule has 1 nitrogen and oxygen atoms in total. The fraction of sp³-hybridized carbons (Fsp3) is 0.500. The molecule has 0 fully saturated rings. The van der Waals surface area contributed by atoms with Crippen LogP contribution in [-0.4, -0.2) is 18.8 Å². The Morgan fingerprint density at radius 1 is 1.26 bits per heavy atom. The summed E-state index contributed by atoms with van der Waals surface area (Å²) in [5.74, 6) is 1.14. The molecular formula is C16H24BrNS. The maximum absolute atomic E-state index is 3.76. The van der Waals surface area contributed by atoms with E-state index in [1.54, 1.807) is 0 Å². The van der Waals surface area contributed by atoms with Crippen molar-refractivity contribution >= 4 is 27.7 Å². The summed E-state index contributed by atoms with van der Waals surface area (Å²) in [5, 5.41) is 3.42. The van der Waals surface area contributed by atoms with Gasteiger partial charge < -0.3 is 5.32 Å². The topological polar surface area (TPSA) is 12.0 Å². The number of nitrogens with one attached hydrogen (secondary N) is 1. The summed E-state index contributed by atoms with van der Waals surface area (Å²) in [6.07, 6.45) is 8.32.